The predicted octanol–water partition coefficient (Wildman–Crippen LogP) is 5.17. The fraction of sp³-hybridized carbons (Fsp3) is 0.556. The monoisotopic (exact) mass is 556 g/mol. The van der Waals surface area contributed by atoms with E-state index in [0.29, 0.717) is 23.5 Å². The van der Waals surface area contributed by atoms with Gasteiger partial charge in [0, 0.05) is 12.3 Å². The highest BCUT2D eigenvalue weighted by molar-refractivity contribution is 6.14. The molecule has 0 spiro atoms. The number of aliphatic hydroxyl groups excluding tert-OH is 1. The Morgan fingerprint density at radius 2 is 1.65 bits per heavy atom. The Morgan fingerprint density at radius 3 is 2.25 bits per heavy atom. The topological polar surface area (TPSA) is 151 Å². The fourth-order valence-corrected chi connectivity index (χ4v) is 4.31. The van der Waals surface area contributed by atoms with Crippen molar-refractivity contribution in [3.63, 3.8) is 0 Å². The summed E-state index contributed by atoms with van der Waals surface area (Å²) in [5, 5.41) is 15.6. The van der Waals surface area contributed by atoms with Gasteiger partial charge in [0.2, 0.25) is 5.88 Å². The number of aliphatic hydroxyl groups is 1. The molecule has 1 aliphatic carbocycles. The molecule has 4 rings (SSSR count). The zero-order chi connectivity index (χ0) is 29.2. The molecule has 2 atom stereocenters. The average molecular weight is 557 g/mol. The average Bonchev–Trinajstić information content (AvgIpc) is 3.21. The standard InChI is InChI=1S/C27H36N6O7/c1-26(2,3)39-24(35)32(25(36)40-27(4,5)6)21-20-22(30-15-29-21)33(17-10-8-9-11-18(17)34)31-23(20)38-19-14-16(37-7)12-13-28-19/h12-15,17-18,34H,8-11H2,1-7H3/t17-,18+/m0/s1. The van der Waals surface area contributed by atoms with Gasteiger partial charge in [0.15, 0.2) is 11.5 Å². The van der Waals surface area contributed by atoms with Crippen molar-refractivity contribution in [3.8, 4) is 17.5 Å². The van der Waals surface area contributed by atoms with Crippen LogP contribution in [0.1, 0.15) is 73.3 Å². The van der Waals surface area contributed by atoms with Gasteiger partial charge < -0.3 is 24.1 Å². The number of rotatable bonds is 5. The SMILES string of the molecule is COc1ccnc(Oc2nn([C@H]3CCCC[C@H]3O)c3ncnc(N(C(=O)OC(C)(C)C)C(=O)OC(C)(C)C)c23)c1. The van der Waals surface area contributed by atoms with E-state index in [1.807, 2.05) is 0 Å². The van der Waals surface area contributed by atoms with E-state index in [9.17, 15) is 14.7 Å². The summed E-state index contributed by atoms with van der Waals surface area (Å²) in [7, 11) is 1.51. The van der Waals surface area contributed by atoms with E-state index in [-0.39, 0.29) is 28.6 Å². The summed E-state index contributed by atoms with van der Waals surface area (Å²) in [4.78, 5) is 40.5. The van der Waals surface area contributed by atoms with Crippen LogP contribution in [0, 0.1) is 0 Å². The van der Waals surface area contributed by atoms with Crippen molar-refractivity contribution in [2.45, 2.75) is 90.6 Å². The number of pyridine rings is 1. The van der Waals surface area contributed by atoms with E-state index in [2.05, 4.69) is 20.1 Å². The lowest BCUT2D eigenvalue weighted by molar-refractivity contribution is 0.0429. The van der Waals surface area contributed by atoms with Gasteiger partial charge in [-0.2, -0.15) is 4.90 Å². The number of fused-ring (bicyclic) bond motifs is 1. The molecule has 0 bridgehead atoms. The molecule has 216 valence electrons. The van der Waals surface area contributed by atoms with E-state index in [0.717, 1.165) is 12.8 Å². The normalized spacial score (nSPS) is 17.8. The lowest BCUT2D eigenvalue weighted by atomic mass is 9.93. The van der Waals surface area contributed by atoms with E-state index in [1.165, 1.54) is 19.6 Å². The van der Waals surface area contributed by atoms with E-state index in [4.69, 9.17) is 18.9 Å². The Bertz CT molecular complexity index is 1350. The van der Waals surface area contributed by atoms with Crippen LogP contribution in [-0.2, 0) is 9.47 Å². The number of anilines is 1. The molecule has 13 heteroatoms. The van der Waals surface area contributed by atoms with E-state index < -0.39 is 35.5 Å². The molecule has 1 saturated carbocycles. The number of ether oxygens (including phenoxy) is 4. The molecular weight excluding hydrogens is 520 g/mol. The van der Waals surface area contributed by atoms with Crippen LogP contribution in [0.2, 0.25) is 0 Å². The maximum Gasteiger partial charge on any atom is 0.425 e. The molecule has 0 radical (unpaired) electrons. The van der Waals surface area contributed by atoms with Gasteiger partial charge in [-0.05, 0) is 60.5 Å². The first kappa shape index (κ1) is 29.0. The van der Waals surface area contributed by atoms with Crippen LogP contribution in [0.5, 0.6) is 17.5 Å². The van der Waals surface area contributed by atoms with Gasteiger partial charge in [-0.3, -0.25) is 0 Å². The Labute approximate surface area is 232 Å². The molecule has 3 heterocycles. The Hall–Kier alpha value is -4.00. The third-order valence-electron chi connectivity index (χ3n) is 5.95. The van der Waals surface area contributed by atoms with Crippen LogP contribution in [0.4, 0.5) is 15.4 Å². The third-order valence-corrected chi connectivity index (χ3v) is 5.95. The highest BCUT2D eigenvalue weighted by Crippen LogP contribution is 2.39. The Morgan fingerprint density at radius 1 is 1.00 bits per heavy atom. The molecule has 1 aliphatic rings. The van der Waals surface area contributed by atoms with Crippen molar-refractivity contribution in [2.24, 2.45) is 0 Å². The van der Waals surface area contributed by atoms with Gasteiger partial charge in [-0.15, -0.1) is 5.10 Å². The molecule has 3 aromatic heterocycles. The van der Waals surface area contributed by atoms with Crippen LogP contribution in [-0.4, -0.2) is 66.4 Å². The van der Waals surface area contributed by atoms with E-state index in [1.54, 1.807) is 58.4 Å². The molecule has 0 saturated heterocycles. The highest BCUT2D eigenvalue weighted by Gasteiger charge is 2.38. The molecule has 13 nitrogen and oxygen atoms in total. The Kier molecular flexibility index (Phi) is 8.15. The number of hydrogen-bond donors (Lipinski definition) is 1. The Balaban J connectivity index is 1.93. The van der Waals surface area contributed by atoms with Crippen LogP contribution in [0.3, 0.4) is 0 Å². The second-order valence-electron chi connectivity index (χ2n) is 11.5. The largest absolute Gasteiger partial charge is 0.497 e. The minimum Gasteiger partial charge on any atom is -0.497 e. The minimum atomic E-state index is -1.00. The molecule has 0 aliphatic heterocycles. The summed E-state index contributed by atoms with van der Waals surface area (Å²) >= 11 is 0. The molecule has 40 heavy (non-hydrogen) atoms. The lowest BCUT2D eigenvalue weighted by Crippen LogP contribution is -2.44. The van der Waals surface area contributed by atoms with Crippen molar-refractivity contribution >= 4 is 29.0 Å². The number of carbonyl (C=O) groups excluding carboxylic acids is 2. The number of carbonyl (C=O) groups is 2. The summed E-state index contributed by atoms with van der Waals surface area (Å²) in [6.07, 6.45) is 3.05. The van der Waals surface area contributed by atoms with Crippen molar-refractivity contribution in [1.82, 2.24) is 24.7 Å². The summed E-state index contributed by atoms with van der Waals surface area (Å²) < 4.78 is 24.0. The van der Waals surface area contributed by atoms with Gasteiger partial charge in [0.05, 0.1) is 19.3 Å². The van der Waals surface area contributed by atoms with Gasteiger partial charge in [0.25, 0.3) is 5.88 Å². The number of imide groups is 1. The summed E-state index contributed by atoms with van der Waals surface area (Å²) in [5.41, 5.74) is -1.60. The smallest absolute Gasteiger partial charge is 0.425 e. The first-order chi connectivity index (χ1) is 18.8. The number of nitrogens with zero attached hydrogens (tertiary/aromatic N) is 6. The lowest BCUT2D eigenvalue weighted by Gasteiger charge is -2.28. The summed E-state index contributed by atoms with van der Waals surface area (Å²) in [6.45, 7) is 10.1. The van der Waals surface area contributed by atoms with Crippen LogP contribution >= 0.6 is 0 Å². The van der Waals surface area contributed by atoms with Gasteiger partial charge in [0.1, 0.15) is 28.7 Å². The zero-order valence-corrected chi connectivity index (χ0v) is 23.9. The van der Waals surface area contributed by atoms with Gasteiger partial charge >= 0.3 is 12.2 Å². The molecule has 3 aromatic rings. The number of methoxy groups -OCH3 is 1. The molecule has 0 aromatic carbocycles. The third kappa shape index (κ3) is 6.58. The first-order valence-electron chi connectivity index (χ1n) is 13.1. The fourth-order valence-electron chi connectivity index (χ4n) is 4.31. The van der Waals surface area contributed by atoms with Crippen LogP contribution in [0.25, 0.3) is 11.0 Å². The van der Waals surface area contributed by atoms with Gasteiger partial charge in [-0.1, -0.05) is 12.8 Å². The van der Waals surface area contributed by atoms with Gasteiger partial charge in [-0.25, -0.2) is 29.2 Å². The van der Waals surface area contributed by atoms with E-state index >= 15 is 0 Å². The minimum absolute atomic E-state index is 0.0266. The molecule has 2 amide bonds. The number of hydrogen-bond acceptors (Lipinski definition) is 11. The maximum atomic E-state index is 13.4. The van der Waals surface area contributed by atoms with Crippen molar-refractivity contribution in [2.75, 3.05) is 12.0 Å². The first-order valence-corrected chi connectivity index (χ1v) is 13.1. The number of amides is 2. The number of aromatic nitrogens is 5. The summed E-state index contributed by atoms with van der Waals surface area (Å²) in [5.74, 6) is 0.465. The van der Waals surface area contributed by atoms with Crippen LogP contribution in [0.15, 0.2) is 24.7 Å². The van der Waals surface area contributed by atoms with Crippen LogP contribution < -0.4 is 14.4 Å². The molecular formula is C27H36N6O7. The summed E-state index contributed by atoms with van der Waals surface area (Å²) in [6, 6.07) is 2.80. The molecule has 1 fully saturated rings. The molecule has 0 unspecified atom stereocenters. The predicted molar refractivity (Wildman–Crippen MR) is 145 cm³/mol. The quantitative estimate of drug-likeness (QED) is 0.443. The van der Waals surface area contributed by atoms with Crippen molar-refractivity contribution in [1.29, 1.82) is 0 Å². The second kappa shape index (κ2) is 11.2. The van der Waals surface area contributed by atoms with Crippen molar-refractivity contribution in [3.05, 3.63) is 24.7 Å². The second-order valence-corrected chi connectivity index (χ2v) is 11.5. The maximum absolute atomic E-state index is 13.4. The van der Waals surface area contributed by atoms with Crippen molar-refractivity contribution < 1.29 is 33.6 Å². The molecule has 1 N–H and O–H groups in total. The zero-order valence-electron chi connectivity index (χ0n) is 23.9. The highest BCUT2D eigenvalue weighted by atomic mass is 16.6.